The summed E-state index contributed by atoms with van der Waals surface area (Å²) in [5, 5.41) is 0.757. The van der Waals surface area contributed by atoms with E-state index in [1.807, 2.05) is 23.1 Å². The molecule has 4 nitrogen and oxygen atoms in total. The second kappa shape index (κ2) is 6.95. The second-order valence-electron chi connectivity index (χ2n) is 5.19. The van der Waals surface area contributed by atoms with Gasteiger partial charge in [-0.25, -0.2) is 0 Å². The Labute approximate surface area is 125 Å². The van der Waals surface area contributed by atoms with E-state index in [0.29, 0.717) is 13.0 Å². The zero-order valence-corrected chi connectivity index (χ0v) is 12.7. The van der Waals surface area contributed by atoms with Crippen LogP contribution in [0.4, 0.5) is 5.69 Å². The van der Waals surface area contributed by atoms with Crippen LogP contribution in [0.1, 0.15) is 18.4 Å². The first kappa shape index (κ1) is 15.1. The molecule has 1 aliphatic heterocycles. The molecule has 110 valence electrons. The smallest absolute Gasteiger partial charge is 0.222 e. The van der Waals surface area contributed by atoms with E-state index in [2.05, 4.69) is 11.8 Å². The van der Waals surface area contributed by atoms with Crippen LogP contribution in [0.15, 0.2) is 18.2 Å². The number of aryl methyl sites for hydroxylation is 1. The SMILES string of the molecule is Cc1ccc(Cl)cc1N1CCN(C(=O)CCCN)CC1. The van der Waals surface area contributed by atoms with Gasteiger partial charge in [-0.1, -0.05) is 17.7 Å². The van der Waals surface area contributed by atoms with Gasteiger partial charge in [0.25, 0.3) is 0 Å². The van der Waals surface area contributed by atoms with Crippen LogP contribution in [0.25, 0.3) is 0 Å². The highest BCUT2D eigenvalue weighted by molar-refractivity contribution is 6.30. The molecular weight excluding hydrogens is 274 g/mol. The third-order valence-electron chi connectivity index (χ3n) is 3.74. The molecule has 1 aromatic rings. The van der Waals surface area contributed by atoms with Crippen molar-refractivity contribution >= 4 is 23.2 Å². The van der Waals surface area contributed by atoms with Crippen LogP contribution < -0.4 is 10.6 Å². The summed E-state index contributed by atoms with van der Waals surface area (Å²) < 4.78 is 0. The lowest BCUT2D eigenvalue weighted by Gasteiger charge is -2.37. The molecule has 0 saturated carbocycles. The zero-order valence-electron chi connectivity index (χ0n) is 11.9. The average Bonchev–Trinajstić information content (AvgIpc) is 2.47. The van der Waals surface area contributed by atoms with Crippen LogP contribution in [-0.2, 0) is 4.79 Å². The molecule has 20 heavy (non-hydrogen) atoms. The molecule has 0 aromatic heterocycles. The Kier molecular flexibility index (Phi) is 5.26. The van der Waals surface area contributed by atoms with Gasteiger partial charge in [0.05, 0.1) is 0 Å². The monoisotopic (exact) mass is 295 g/mol. The van der Waals surface area contributed by atoms with Crippen LogP contribution in [0.2, 0.25) is 5.02 Å². The lowest BCUT2D eigenvalue weighted by Crippen LogP contribution is -2.49. The Morgan fingerprint density at radius 1 is 1.30 bits per heavy atom. The summed E-state index contributed by atoms with van der Waals surface area (Å²) >= 11 is 6.07. The Hall–Kier alpha value is -1.26. The molecule has 0 aliphatic carbocycles. The minimum atomic E-state index is 0.220. The van der Waals surface area contributed by atoms with Crippen molar-refractivity contribution < 1.29 is 4.79 Å². The van der Waals surface area contributed by atoms with E-state index in [-0.39, 0.29) is 5.91 Å². The highest BCUT2D eigenvalue weighted by Gasteiger charge is 2.21. The summed E-state index contributed by atoms with van der Waals surface area (Å²) in [5.41, 5.74) is 7.84. The molecule has 5 heteroatoms. The normalized spacial score (nSPS) is 15.6. The number of carbonyl (C=O) groups excluding carboxylic acids is 1. The minimum absolute atomic E-state index is 0.220. The number of hydrogen-bond acceptors (Lipinski definition) is 3. The van der Waals surface area contributed by atoms with E-state index in [0.717, 1.165) is 37.6 Å². The molecule has 2 N–H and O–H groups in total. The van der Waals surface area contributed by atoms with Crippen molar-refractivity contribution in [3.63, 3.8) is 0 Å². The molecule has 1 aliphatic rings. The summed E-state index contributed by atoms with van der Waals surface area (Å²) in [5.74, 6) is 0.220. The lowest BCUT2D eigenvalue weighted by molar-refractivity contribution is -0.131. The van der Waals surface area contributed by atoms with Gasteiger partial charge in [0, 0.05) is 43.3 Å². The number of hydrogen-bond donors (Lipinski definition) is 1. The van der Waals surface area contributed by atoms with Crippen molar-refractivity contribution in [2.24, 2.45) is 5.73 Å². The van der Waals surface area contributed by atoms with Crippen molar-refractivity contribution in [3.05, 3.63) is 28.8 Å². The number of amides is 1. The van der Waals surface area contributed by atoms with E-state index in [9.17, 15) is 4.79 Å². The standard InChI is InChI=1S/C15H22ClN3O/c1-12-4-5-13(16)11-14(12)18-7-9-19(10-8-18)15(20)3-2-6-17/h4-5,11H,2-3,6-10,17H2,1H3. The molecule has 2 rings (SSSR count). The van der Waals surface area contributed by atoms with Crippen LogP contribution in [-0.4, -0.2) is 43.5 Å². The molecule has 0 bridgehead atoms. The first-order chi connectivity index (χ1) is 9.61. The predicted molar refractivity (Wildman–Crippen MR) is 83.3 cm³/mol. The van der Waals surface area contributed by atoms with Gasteiger partial charge in [0.1, 0.15) is 0 Å². The molecule has 1 fully saturated rings. The van der Waals surface area contributed by atoms with Gasteiger partial charge in [-0.3, -0.25) is 4.79 Å². The predicted octanol–water partition coefficient (Wildman–Crippen LogP) is 2.04. The molecule has 1 amide bonds. The summed E-state index contributed by atoms with van der Waals surface area (Å²) in [6.07, 6.45) is 1.33. The number of halogens is 1. The van der Waals surface area contributed by atoms with Crippen molar-refractivity contribution in [3.8, 4) is 0 Å². The quantitative estimate of drug-likeness (QED) is 0.925. The highest BCUT2D eigenvalue weighted by atomic mass is 35.5. The van der Waals surface area contributed by atoms with Gasteiger partial charge in [-0.2, -0.15) is 0 Å². The molecular formula is C15H22ClN3O. The number of benzene rings is 1. The fourth-order valence-electron chi connectivity index (χ4n) is 2.53. The maximum atomic E-state index is 12.0. The third-order valence-corrected chi connectivity index (χ3v) is 3.97. The van der Waals surface area contributed by atoms with Gasteiger partial charge in [0.2, 0.25) is 5.91 Å². The molecule has 1 aromatic carbocycles. The van der Waals surface area contributed by atoms with Gasteiger partial charge in [0.15, 0.2) is 0 Å². The van der Waals surface area contributed by atoms with Crippen LogP contribution >= 0.6 is 11.6 Å². The van der Waals surface area contributed by atoms with Gasteiger partial charge in [-0.05, 0) is 37.6 Å². The molecule has 1 saturated heterocycles. The summed E-state index contributed by atoms with van der Waals surface area (Å²) in [6.45, 7) is 5.92. The number of nitrogens with two attached hydrogens (primary N) is 1. The Bertz CT molecular complexity index is 470. The highest BCUT2D eigenvalue weighted by Crippen LogP contribution is 2.25. The third kappa shape index (κ3) is 3.64. The van der Waals surface area contributed by atoms with Crippen LogP contribution in [0.5, 0.6) is 0 Å². The molecule has 0 atom stereocenters. The second-order valence-corrected chi connectivity index (χ2v) is 5.63. The Morgan fingerprint density at radius 3 is 2.65 bits per heavy atom. The zero-order chi connectivity index (χ0) is 14.5. The molecule has 0 unspecified atom stereocenters. The maximum Gasteiger partial charge on any atom is 0.222 e. The number of anilines is 1. The maximum absolute atomic E-state index is 12.0. The van der Waals surface area contributed by atoms with E-state index < -0.39 is 0 Å². The van der Waals surface area contributed by atoms with Crippen molar-refractivity contribution in [1.29, 1.82) is 0 Å². The van der Waals surface area contributed by atoms with Crippen molar-refractivity contribution in [2.45, 2.75) is 19.8 Å². The number of carbonyl (C=O) groups is 1. The Balaban J connectivity index is 1.94. The largest absolute Gasteiger partial charge is 0.368 e. The minimum Gasteiger partial charge on any atom is -0.368 e. The first-order valence-corrected chi connectivity index (χ1v) is 7.48. The van der Waals surface area contributed by atoms with Crippen LogP contribution in [0, 0.1) is 6.92 Å². The topological polar surface area (TPSA) is 49.6 Å². The molecule has 0 radical (unpaired) electrons. The fraction of sp³-hybridized carbons (Fsp3) is 0.533. The number of nitrogens with zero attached hydrogens (tertiary/aromatic N) is 2. The fourth-order valence-corrected chi connectivity index (χ4v) is 2.70. The molecule has 0 spiro atoms. The lowest BCUT2D eigenvalue weighted by atomic mass is 10.1. The van der Waals surface area contributed by atoms with E-state index >= 15 is 0 Å². The summed E-state index contributed by atoms with van der Waals surface area (Å²) in [4.78, 5) is 16.2. The van der Waals surface area contributed by atoms with Crippen molar-refractivity contribution in [1.82, 2.24) is 4.90 Å². The van der Waals surface area contributed by atoms with E-state index in [1.54, 1.807) is 0 Å². The Morgan fingerprint density at radius 2 is 2.00 bits per heavy atom. The summed E-state index contributed by atoms with van der Waals surface area (Å²) in [7, 11) is 0. The summed E-state index contributed by atoms with van der Waals surface area (Å²) in [6, 6.07) is 5.95. The van der Waals surface area contributed by atoms with Gasteiger partial charge < -0.3 is 15.5 Å². The number of piperazine rings is 1. The van der Waals surface area contributed by atoms with E-state index in [4.69, 9.17) is 17.3 Å². The van der Waals surface area contributed by atoms with Crippen LogP contribution in [0.3, 0.4) is 0 Å². The van der Waals surface area contributed by atoms with E-state index in [1.165, 1.54) is 11.3 Å². The number of rotatable bonds is 4. The van der Waals surface area contributed by atoms with Gasteiger partial charge >= 0.3 is 0 Å². The average molecular weight is 296 g/mol. The van der Waals surface area contributed by atoms with Gasteiger partial charge in [-0.15, -0.1) is 0 Å². The van der Waals surface area contributed by atoms with Crippen molar-refractivity contribution in [2.75, 3.05) is 37.6 Å². The molecule has 1 heterocycles. The first-order valence-electron chi connectivity index (χ1n) is 7.11.